The number of nitrogens with one attached hydrogen (secondary N) is 2. The summed E-state index contributed by atoms with van der Waals surface area (Å²) in [7, 11) is 3.57. The van der Waals surface area contributed by atoms with Gasteiger partial charge in [-0.3, -0.25) is 4.99 Å². The Balaban J connectivity index is 0.00000208. The van der Waals surface area contributed by atoms with Gasteiger partial charge in [-0.2, -0.15) is 0 Å². The highest BCUT2D eigenvalue weighted by Gasteiger charge is 2.53. The average Bonchev–Trinajstić information content (AvgIpc) is 3.26. The van der Waals surface area contributed by atoms with Crippen LogP contribution in [0.4, 0.5) is 0 Å². The van der Waals surface area contributed by atoms with E-state index in [1.807, 2.05) is 19.2 Å². The van der Waals surface area contributed by atoms with Gasteiger partial charge in [-0.25, -0.2) is 0 Å². The molecule has 2 atom stereocenters. The number of aliphatic imine (C=N–C) groups is 1. The SMILES string of the molecule is CN=C(NC1CCOCC1)NC1CC1(C)c1ccccc1OC.I. The van der Waals surface area contributed by atoms with Gasteiger partial charge in [0.1, 0.15) is 5.75 Å². The number of ether oxygens (including phenoxy) is 2. The van der Waals surface area contributed by atoms with Crippen LogP contribution in [0.5, 0.6) is 5.75 Å². The molecule has 6 heteroatoms. The van der Waals surface area contributed by atoms with Crippen LogP contribution in [0, 0.1) is 0 Å². The molecule has 1 saturated carbocycles. The number of guanidine groups is 1. The van der Waals surface area contributed by atoms with Crippen molar-refractivity contribution in [2.45, 2.75) is 43.7 Å². The van der Waals surface area contributed by atoms with Crippen LogP contribution < -0.4 is 15.4 Å². The largest absolute Gasteiger partial charge is 0.496 e. The van der Waals surface area contributed by atoms with E-state index in [0.29, 0.717) is 12.1 Å². The molecule has 0 spiro atoms. The lowest BCUT2D eigenvalue weighted by Crippen LogP contribution is -2.47. The van der Waals surface area contributed by atoms with E-state index in [4.69, 9.17) is 9.47 Å². The zero-order valence-corrected chi connectivity index (χ0v) is 17.0. The predicted octanol–water partition coefficient (Wildman–Crippen LogP) is 2.69. The third-order valence-corrected chi connectivity index (χ3v) is 5.06. The van der Waals surface area contributed by atoms with Gasteiger partial charge in [0.05, 0.1) is 7.11 Å². The number of rotatable bonds is 4. The normalized spacial score (nSPS) is 27.1. The van der Waals surface area contributed by atoms with E-state index in [1.54, 1.807) is 7.11 Å². The molecule has 0 bridgehead atoms. The van der Waals surface area contributed by atoms with Gasteiger partial charge < -0.3 is 20.1 Å². The first-order valence-corrected chi connectivity index (χ1v) is 8.38. The second-order valence-corrected chi connectivity index (χ2v) is 6.62. The molecule has 0 radical (unpaired) electrons. The maximum Gasteiger partial charge on any atom is 0.191 e. The summed E-state index contributed by atoms with van der Waals surface area (Å²) in [5, 5.41) is 7.09. The van der Waals surface area contributed by atoms with Crippen LogP contribution in [-0.4, -0.2) is 45.4 Å². The first-order chi connectivity index (χ1) is 11.2. The summed E-state index contributed by atoms with van der Waals surface area (Å²) in [5.41, 5.74) is 1.36. The second kappa shape index (κ2) is 8.38. The minimum atomic E-state index is 0. The Kier molecular flexibility index (Phi) is 6.74. The van der Waals surface area contributed by atoms with Crippen molar-refractivity contribution in [2.24, 2.45) is 4.99 Å². The van der Waals surface area contributed by atoms with Crippen LogP contribution in [0.1, 0.15) is 31.7 Å². The van der Waals surface area contributed by atoms with E-state index >= 15 is 0 Å². The lowest BCUT2D eigenvalue weighted by molar-refractivity contribution is 0.0822. The third kappa shape index (κ3) is 4.14. The molecule has 3 rings (SSSR count). The molecule has 0 amide bonds. The lowest BCUT2D eigenvalue weighted by Gasteiger charge is -2.25. The van der Waals surface area contributed by atoms with Gasteiger partial charge in [-0.1, -0.05) is 25.1 Å². The molecule has 1 saturated heterocycles. The molecule has 2 unspecified atom stereocenters. The summed E-state index contributed by atoms with van der Waals surface area (Å²) < 4.78 is 10.9. The number of halogens is 1. The molecule has 24 heavy (non-hydrogen) atoms. The highest BCUT2D eigenvalue weighted by atomic mass is 127. The van der Waals surface area contributed by atoms with E-state index < -0.39 is 0 Å². The molecule has 2 N–H and O–H groups in total. The van der Waals surface area contributed by atoms with Crippen molar-refractivity contribution in [1.82, 2.24) is 10.6 Å². The maximum absolute atomic E-state index is 5.53. The van der Waals surface area contributed by atoms with Crippen molar-refractivity contribution >= 4 is 29.9 Å². The van der Waals surface area contributed by atoms with Crippen LogP contribution in [0.2, 0.25) is 0 Å². The number of benzene rings is 1. The minimum absolute atomic E-state index is 0. The molecule has 0 aromatic heterocycles. The second-order valence-electron chi connectivity index (χ2n) is 6.62. The van der Waals surface area contributed by atoms with Crippen molar-refractivity contribution in [3.63, 3.8) is 0 Å². The zero-order valence-electron chi connectivity index (χ0n) is 14.7. The number of para-hydroxylation sites is 1. The summed E-state index contributed by atoms with van der Waals surface area (Å²) in [6.07, 6.45) is 3.16. The Bertz CT molecular complexity index is 575. The smallest absolute Gasteiger partial charge is 0.191 e. The van der Waals surface area contributed by atoms with E-state index in [2.05, 4.69) is 34.7 Å². The average molecular weight is 445 g/mol. The zero-order chi connectivity index (χ0) is 16.3. The monoisotopic (exact) mass is 445 g/mol. The van der Waals surface area contributed by atoms with Crippen molar-refractivity contribution in [2.75, 3.05) is 27.4 Å². The Morgan fingerprint density at radius 2 is 1.96 bits per heavy atom. The Morgan fingerprint density at radius 1 is 1.25 bits per heavy atom. The molecule has 1 aromatic rings. The summed E-state index contributed by atoms with van der Waals surface area (Å²) in [6, 6.07) is 9.12. The third-order valence-electron chi connectivity index (χ3n) is 5.06. The molecule has 1 aliphatic carbocycles. The fourth-order valence-corrected chi connectivity index (χ4v) is 3.36. The van der Waals surface area contributed by atoms with E-state index in [-0.39, 0.29) is 29.4 Å². The highest BCUT2D eigenvalue weighted by Crippen LogP contribution is 2.50. The standard InChI is InChI=1S/C18H27N3O2.HI/c1-18(14-6-4-5-7-15(14)22-3)12-16(18)21-17(19-2)20-13-8-10-23-11-9-13;/h4-7,13,16H,8-12H2,1-3H3,(H2,19,20,21);1H. The van der Waals surface area contributed by atoms with E-state index in [0.717, 1.165) is 44.2 Å². The summed E-state index contributed by atoms with van der Waals surface area (Å²) in [4.78, 5) is 4.39. The highest BCUT2D eigenvalue weighted by molar-refractivity contribution is 14.0. The molecule has 1 aliphatic heterocycles. The number of hydrogen-bond donors (Lipinski definition) is 2. The van der Waals surface area contributed by atoms with Gasteiger partial charge in [0.15, 0.2) is 5.96 Å². The number of nitrogens with zero attached hydrogens (tertiary/aromatic N) is 1. The van der Waals surface area contributed by atoms with Crippen molar-refractivity contribution in [3.8, 4) is 5.75 Å². The minimum Gasteiger partial charge on any atom is -0.496 e. The van der Waals surface area contributed by atoms with E-state index in [1.165, 1.54) is 5.56 Å². The van der Waals surface area contributed by atoms with E-state index in [9.17, 15) is 0 Å². The Morgan fingerprint density at radius 3 is 2.62 bits per heavy atom. The van der Waals surface area contributed by atoms with Gasteiger partial charge in [0, 0.05) is 43.3 Å². The van der Waals surface area contributed by atoms with Crippen LogP contribution >= 0.6 is 24.0 Å². The van der Waals surface area contributed by atoms with Gasteiger partial charge >= 0.3 is 0 Å². The maximum atomic E-state index is 5.53. The quantitative estimate of drug-likeness (QED) is 0.425. The molecular weight excluding hydrogens is 417 g/mol. The molecule has 134 valence electrons. The van der Waals surface area contributed by atoms with Crippen LogP contribution in [-0.2, 0) is 10.2 Å². The Hall–Kier alpha value is -1.02. The van der Waals surface area contributed by atoms with Crippen LogP contribution in [0.3, 0.4) is 0 Å². The molecule has 5 nitrogen and oxygen atoms in total. The lowest BCUT2D eigenvalue weighted by atomic mass is 9.96. The predicted molar refractivity (Wildman–Crippen MR) is 108 cm³/mol. The number of methoxy groups -OCH3 is 1. The number of hydrogen-bond acceptors (Lipinski definition) is 3. The van der Waals surface area contributed by atoms with Crippen molar-refractivity contribution in [1.29, 1.82) is 0 Å². The summed E-state index contributed by atoms with van der Waals surface area (Å²) >= 11 is 0. The van der Waals surface area contributed by atoms with Gasteiger partial charge in [0.2, 0.25) is 0 Å². The van der Waals surface area contributed by atoms with Crippen LogP contribution in [0.25, 0.3) is 0 Å². The van der Waals surface area contributed by atoms with Crippen LogP contribution in [0.15, 0.2) is 29.3 Å². The topological polar surface area (TPSA) is 54.9 Å². The first kappa shape index (κ1) is 19.3. The molecule has 2 fully saturated rings. The molecule has 2 aliphatic rings. The molecule has 1 aromatic carbocycles. The first-order valence-electron chi connectivity index (χ1n) is 8.38. The summed E-state index contributed by atoms with van der Waals surface area (Å²) in [6.45, 7) is 3.94. The molecular formula is C18H28IN3O2. The fourth-order valence-electron chi connectivity index (χ4n) is 3.36. The van der Waals surface area contributed by atoms with Crippen molar-refractivity contribution < 1.29 is 9.47 Å². The van der Waals surface area contributed by atoms with Gasteiger partial charge in [-0.15, -0.1) is 24.0 Å². The Labute approximate surface area is 161 Å². The summed E-state index contributed by atoms with van der Waals surface area (Å²) in [5.74, 6) is 1.85. The van der Waals surface area contributed by atoms with Crippen molar-refractivity contribution in [3.05, 3.63) is 29.8 Å². The van der Waals surface area contributed by atoms with Gasteiger partial charge in [-0.05, 0) is 25.3 Å². The molecule has 1 heterocycles. The fraction of sp³-hybridized carbons (Fsp3) is 0.611. The van der Waals surface area contributed by atoms with Gasteiger partial charge in [0.25, 0.3) is 0 Å².